The minimum Gasteiger partial charge on any atom is -0.491 e. The van der Waals surface area contributed by atoms with Crippen molar-refractivity contribution < 1.29 is 9.84 Å². The van der Waals surface area contributed by atoms with Gasteiger partial charge in [0.05, 0.1) is 35.5 Å². The Balaban J connectivity index is 1.60. The molecule has 1 atom stereocenters. The topological polar surface area (TPSA) is 71.1 Å². The number of benzene rings is 2. The van der Waals surface area contributed by atoms with Crippen molar-refractivity contribution in [3.05, 3.63) is 60.4 Å². The van der Waals surface area contributed by atoms with Gasteiger partial charge in [-0.1, -0.05) is 12.1 Å². The van der Waals surface area contributed by atoms with Crippen LogP contribution in [0.1, 0.15) is 5.56 Å². The van der Waals surface area contributed by atoms with E-state index in [0.29, 0.717) is 17.9 Å². The van der Waals surface area contributed by atoms with E-state index in [4.69, 9.17) is 10.00 Å². The van der Waals surface area contributed by atoms with Crippen molar-refractivity contribution in [2.75, 3.05) is 6.61 Å². The number of aliphatic hydroxyl groups excluding tert-OH is 1. The van der Waals surface area contributed by atoms with Gasteiger partial charge in [0.1, 0.15) is 18.5 Å². The molecule has 3 aromatic rings. The first-order chi connectivity index (χ1) is 10.8. The zero-order chi connectivity index (χ0) is 15.4. The number of nitrogens with zero attached hydrogens (tertiary/aromatic N) is 3. The number of aromatic nitrogens is 2. The van der Waals surface area contributed by atoms with Gasteiger partial charge >= 0.3 is 0 Å². The van der Waals surface area contributed by atoms with E-state index in [-0.39, 0.29) is 6.61 Å². The van der Waals surface area contributed by atoms with Crippen molar-refractivity contribution in [2.24, 2.45) is 0 Å². The van der Waals surface area contributed by atoms with Gasteiger partial charge in [0.25, 0.3) is 0 Å². The van der Waals surface area contributed by atoms with Crippen molar-refractivity contribution in [3.8, 4) is 11.8 Å². The third-order valence-electron chi connectivity index (χ3n) is 3.36. The quantitative estimate of drug-likeness (QED) is 0.784. The first-order valence-electron chi connectivity index (χ1n) is 6.97. The molecule has 5 nitrogen and oxygen atoms in total. The molecule has 1 heterocycles. The summed E-state index contributed by atoms with van der Waals surface area (Å²) in [7, 11) is 0. The van der Waals surface area contributed by atoms with Crippen molar-refractivity contribution in [1.82, 2.24) is 9.55 Å². The minimum absolute atomic E-state index is 0.179. The van der Waals surface area contributed by atoms with Gasteiger partial charge < -0.3 is 14.4 Å². The molecule has 5 heteroatoms. The van der Waals surface area contributed by atoms with Crippen LogP contribution in [0.2, 0.25) is 0 Å². The lowest BCUT2D eigenvalue weighted by Gasteiger charge is -2.13. The Labute approximate surface area is 128 Å². The smallest absolute Gasteiger partial charge is 0.119 e. The molecule has 0 radical (unpaired) electrons. The molecule has 0 bridgehead atoms. The normalized spacial score (nSPS) is 12.0. The first kappa shape index (κ1) is 14.1. The van der Waals surface area contributed by atoms with Crippen LogP contribution in [-0.2, 0) is 6.54 Å². The van der Waals surface area contributed by atoms with Crippen LogP contribution in [0.15, 0.2) is 54.9 Å². The van der Waals surface area contributed by atoms with Crippen LogP contribution in [-0.4, -0.2) is 27.4 Å². The second-order valence-corrected chi connectivity index (χ2v) is 4.99. The fraction of sp³-hybridized carbons (Fsp3) is 0.176. The van der Waals surface area contributed by atoms with Gasteiger partial charge in [-0.05, 0) is 36.4 Å². The van der Waals surface area contributed by atoms with Crippen molar-refractivity contribution >= 4 is 11.0 Å². The van der Waals surface area contributed by atoms with E-state index in [1.165, 1.54) is 0 Å². The summed E-state index contributed by atoms with van der Waals surface area (Å²) in [5, 5.41) is 18.9. The van der Waals surface area contributed by atoms with Crippen LogP contribution < -0.4 is 4.74 Å². The van der Waals surface area contributed by atoms with E-state index in [2.05, 4.69) is 11.1 Å². The standard InChI is InChI=1S/C17H15N3O2/c18-9-13-5-7-15(8-6-13)22-11-14(21)10-20-12-19-16-3-1-2-4-17(16)20/h1-8,12,14,21H,10-11H2/t14-/m1/s1. The zero-order valence-electron chi connectivity index (χ0n) is 11.9. The molecule has 0 saturated heterocycles. The molecule has 0 aliphatic heterocycles. The fourth-order valence-electron chi connectivity index (χ4n) is 2.25. The van der Waals surface area contributed by atoms with E-state index >= 15 is 0 Å². The van der Waals surface area contributed by atoms with E-state index in [9.17, 15) is 5.11 Å². The van der Waals surface area contributed by atoms with Crippen LogP contribution >= 0.6 is 0 Å². The monoisotopic (exact) mass is 293 g/mol. The van der Waals surface area contributed by atoms with Gasteiger partial charge in [-0.3, -0.25) is 0 Å². The summed E-state index contributed by atoms with van der Waals surface area (Å²) in [6.45, 7) is 0.592. The average molecular weight is 293 g/mol. The van der Waals surface area contributed by atoms with Gasteiger partial charge in [-0.2, -0.15) is 5.26 Å². The molecular weight excluding hydrogens is 278 g/mol. The summed E-state index contributed by atoms with van der Waals surface area (Å²) in [4.78, 5) is 4.29. The average Bonchev–Trinajstić information content (AvgIpc) is 2.97. The number of rotatable bonds is 5. The summed E-state index contributed by atoms with van der Waals surface area (Å²) in [6, 6.07) is 16.6. The molecule has 0 fully saturated rings. The molecule has 22 heavy (non-hydrogen) atoms. The highest BCUT2D eigenvalue weighted by Crippen LogP contribution is 2.14. The maximum absolute atomic E-state index is 10.1. The zero-order valence-corrected chi connectivity index (χ0v) is 11.9. The van der Waals surface area contributed by atoms with Crippen LogP contribution in [0.4, 0.5) is 0 Å². The molecular formula is C17H15N3O2. The number of imidazole rings is 1. The highest BCUT2D eigenvalue weighted by atomic mass is 16.5. The molecule has 110 valence electrons. The van der Waals surface area contributed by atoms with E-state index in [0.717, 1.165) is 11.0 Å². The largest absolute Gasteiger partial charge is 0.491 e. The van der Waals surface area contributed by atoms with Crippen molar-refractivity contribution in [3.63, 3.8) is 0 Å². The van der Waals surface area contributed by atoms with Gasteiger partial charge in [0.2, 0.25) is 0 Å². The number of hydrogen-bond acceptors (Lipinski definition) is 4. The Morgan fingerprint density at radius 3 is 2.73 bits per heavy atom. The summed E-state index contributed by atoms with van der Waals surface area (Å²) in [5.41, 5.74) is 2.47. The molecule has 3 rings (SSSR count). The molecule has 0 unspecified atom stereocenters. The maximum atomic E-state index is 10.1. The Bertz CT molecular complexity index is 803. The second-order valence-electron chi connectivity index (χ2n) is 4.99. The summed E-state index contributed by atoms with van der Waals surface area (Å²) in [5.74, 6) is 0.633. The van der Waals surface area contributed by atoms with Crippen LogP contribution in [0.3, 0.4) is 0 Å². The maximum Gasteiger partial charge on any atom is 0.119 e. The van der Waals surface area contributed by atoms with E-state index < -0.39 is 6.10 Å². The number of hydrogen-bond donors (Lipinski definition) is 1. The van der Waals surface area contributed by atoms with E-state index in [1.54, 1.807) is 30.6 Å². The molecule has 0 amide bonds. The van der Waals surface area contributed by atoms with Crippen LogP contribution in [0.5, 0.6) is 5.75 Å². The summed E-state index contributed by atoms with van der Waals surface area (Å²) in [6.07, 6.45) is 1.07. The van der Waals surface area contributed by atoms with Crippen LogP contribution in [0.25, 0.3) is 11.0 Å². The molecule has 0 aliphatic carbocycles. The van der Waals surface area contributed by atoms with Gasteiger partial charge in [0.15, 0.2) is 0 Å². The number of fused-ring (bicyclic) bond motifs is 1. The molecule has 2 aromatic carbocycles. The van der Waals surface area contributed by atoms with Crippen molar-refractivity contribution in [2.45, 2.75) is 12.6 Å². The first-order valence-corrected chi connectivity index (χ1v) is 6.97. The minimum atomic E-state index is -0.645. The highest BCUT2D eigenvalue weighted by molar-refractivity contribution is 5.74. The Kier molecular flexibility index (Phi) is 4.03. The number of nitriles is 1. The van der Waals surface area contributed by atoms with Gasteiger partial charge in [0, 0.05) is 0 Å². The van der Waals surface area contributed by atoms with E-state index in [1.807, 2.05) is 28.8 Å². The van der Waals surface area contributed by atoms with Gasteiger partial charge in [-0.15, -0.1) is 0 Å². The van der Waals surface area contributed by atoms with Crippen molar-refractivity contribution in [1.29, 1.82) is 5.26 Å². The predicted octanol–water partition coefficient (Wildman–Crippen LogP) is 2.35. The lowest BCUT2D eigenvalue weighted by Crippen LogP contribution is -2.23. The second kappa shape index (κ2) is 6.29. The molecule has 0 spiro atoms. The number of ether oxygens (including phenoxy) is 1. The fourth-order valence-corrected chi connectivity index (χ4v) is 2.25. The van der Waals surface area contributed by atoms with Gasteiger partial charge in [-0.25, -0.2) is 4.98 Å². The van der Waals surface area contributed by atoms with Crippen LogP contribution in [0, 0.1) is 11.3 Å². The molecule has 1 aromatic heterocycles. The molecule has 0 aliphatic rings. The predicted molar refractivity (Wildman–Crippen MR) is 82.4 cm³/mol. The summed E-state index contributed by atoms with van der Waals surface area (Å²) >= 11 is 0. The number of aliphatic hydroxyl groups is 1. The lowest BCUT2D eigenvalue weighted by atomic mass is 10.2. The Hall–Kier alpha value is -2.84. The third-order valence-corrected chi connectivity index (χ3v) is 3.36. The lowest BCUT2D eigenvalue weighted by molar-refractivity contribution is 0.0934. The summed E-state index contributed by atoms with van der Waals surface area (Å²) < 4.78 is 7.44. The molecule has 1 N–H and O–H groups in total. The third kappa shape index (κ3) is 3.08. The Morgan fingerprint density at radius 1 is 1.18 bits per heavy atom. The highest BCUT2D eigenvalue weighted by Gasteiger charge is 2.09. The molecule has 0 saturated carbocycles. The Morgan fingerprint density at radius 2 is 1.95 bits per heavy atom. The number of para-hydroxylation sites is 2. The SMILES string of the molecule is N#Cc1ccc(OC[C@H](O)Cn2cnc3ccccc32)cc1.